The third-order valence-electron chi connectivity index (χ3n) is 5.78. The van der Waals surface area contributed by atoms with E-state index in [0.717, 1.165) is 35.4 Å². The third kappa shape index (κ3) is 4.99. The highest BCUT2D eigenvalue weighted by Crippen LogP contribution is 2.37. The van der Waals surface area contributed by atoms with Crippen molar-refractivity contribution in [1.82, 2.24) is 9.97 Å². The van der Waals surface area contributed by atoms with Crippen LogP contribution in [0.15, 0.2) is 90.0 Å². The molecule has 0 bridgehead atoms. The van der Waals surface area contributed by atoms with Gasteiger partial charge in [0.05, 0.1) is 10.9 Å². The van der Waals surface area contributed by atoms with Crippen molar-refractivity contribution in [3.63, 3.8) is 0 Å². The molecule has 0 fully saturated rings. The van der Waals surface area contributed by atoms with Crippen molar-refractivity contribution in [1.29, 1.82) is 0 Å². The summed E-state index contributed by atoms with van der Waals surface area (Å²) in [6.07, 6.45) is 6.56. The van der Waals surface area contributed by atoms with Crippen molar-refractivity contribution in [3.05, 3.63) is 96.5 Å². The molecule has 0 radical (unpaired) electrons. The molecule has 1 aromatic heterocycles. The SMILES string of the molecule is CC1C=C(c2ccccc2)C=CC1(F)C(C)Nc1nccc(NS(=O)(=O)c2ccc(F)cc2)n1. The van der Waals surface area contributed by atoms with Crippen LogP contribution in [-0.2, 0) is 10.0 Å². The zero-order valence-electron chi connectivity index (χ0n) is 18.6. The lowest BCUT2D eigenvalue weighted by Gasteiger charge is -2.36. The maximum absolute atomic E-state index is 16.0. The lowest BCUT2D eigenvalue weighted by atomic mass is 9.78. The van der Waals surface area contributed by atoms with Gasteiger partial charge in [-0.15, -0.1) is 0 Å². The van der Waals surface area contributed by atoms with Gasteiger partial charge in [-0.3, -0.25) is 4.72 Å². The predicted octanol–water partition coefficient (Wildman–Crippen LogP) is 5.21. The zero-order chi connectivity index (χ0) is 24.3. The predicted molar refractivity (Wildman–Crippen MR) is 129 cm³/mol. The second-order valence-electron chi connectivity index (χ2n) is 8.13. The van der Waals surface area contributed by atoms with Crippen LogP contribution in [0.5, 0.6) is 0 Å². The molecule has 0 saturated carbocycles. The van der Waals surface area contributed by atoms with Crippen molar-refractivity contribution >= 4 is 27.4 Å². The molecule has 4 rings (SSSR count). The number of halogens is 2. The minimum absolute atomic E-state index is 0.000396. The largest absolute Gasteiger partial charge is 0.348 e. The molecule has 0 spiro atoms. The summed E-state index contributed by atoms with van der Waals surface area (Å²) in [7, 11) is -3.98. The van der Waals surface area contributed by atoms with Crippen LogP contribution in [0.4, 0.5) is 20.5 Å². The lowest BCUT2D eigenvalue weighted by Crippen LogP contribution is -2.45. The number of rotatable bonds is 7. The van der Waals surface area contributed by atoms with Gasteiger partial charge in [0.15, 0.2) is 5.67 Å². The number of hydrogen-bond donors (Lipinski definition) is 2. The molecule has 1 heterocycles. The van der Waals surface area contributed by atoms with Gasteiger partial charge >= 0.3 is 0 Å². The van der Waals surface area contributed by atoms with E-state index in [1.165, 1.54) is 12.3 Å². The summed E-state index contributed by atoms with van der Waals surface area (Å²) in [5.41, 5.74) is 0.241. The molecule has 1 aliphatic rings. The summed E-state index contributed by atoms with van der Waals surface area (Å²) < 4.78 is 56.5. The van der Waals surface area contributed by atoms with Crippen molar-refractivity contribution in [3.8, 4) is 0 Å². The molecule has 2 N–H and O–H groups in total. The van der Waals surface area contributed by atoms with E-state index < -0.39 is 33.5 Å². The first-order chi connectivity index (χ1) is 16.2. The summed E-state index contributed by atoms with van der Waals surface area (Å²) in [6.45, 7) is 3.49. The number of benzene rings is 2. The number of nitrogens with zero attached hydrogens (tertiary/aromatic N) is 2. The molecule has 9 heteroatoms. The van der Waals surface area contributed by atoms with Crippen LogP contribution < -0.4 is 10.0 Å². The summed E-state index contributed by atoms with van der Waals surface area (Å²) >= 11 is 0. The highest BCUT2D eigenvalue weighted by Gasteiger charge is 2.41. The average molecular weight is 483 g/mol. The maximum atomic E-state index is 16.0. The number of nitrogens with one attached hydrogen (secondary N) is 2. The number of alkyl halides is 1. The third-order valence-corrected chi connectivity index (χ3v) is 7.15. The molecule has 176 valence electrons. The van der Waals surface area contributed by atoms with Gasteiger partial charge in [0.2, 0.25) is 5.95 Å². The summed E-state index contributed by atoms with van der Waals surface area (Å²) in [5, 5.41) is 2.95. The molecule has 0 amide bonds. The van der Waals surface area contributed by atoms with Gasteiger partial charge in [-0.2, -0.15) is 4.98 Å². The minimum atomic E-state index is -3.98. The first-order valence-electron chi connectivity index (χ1n) is 10.7. The highest BCUT2D eigenvalue weighted by atomic mass is 32.2. The van der Waals surface area contributed by atoms with Gasteiger partial charge in [0.1, 0.15) is 11.6 Å². The summed E-state index contributed by atoms with van der Waals surface area (Å²) in [5.74, 6) is -0.906. The topological polar surface area (TPSA) is 84.0 Å². The molecule has 3 atom stereocenters. The Hall–Kier alpha value is -3.59. The van der Waals surface area contributed by atoms with E-state index in [-0.39, 0.29) is 16.7 Å². The normalized spacial score (nSPS) is 20.9. The van der Waals surface area contributed by atoms with E-state index in [2.05, 4.69) is 20.0 Å². The van der Waals surface area contributed by atoms with Gasteiger partial charge in [0, 0.05) is 12.1 Å². The lowest BCUT2D eigenvalue weighted by molar-refractivity contribution is 0.153. The Morgan fingerprint density at radius 1 is 1.06 bits per heavy atom. The first kappa shape index (κ1) is 23.6. The number of hydrogen-bond acceptors (Lipinski definition) is 5. The number of aromatic nitrogens is 2. The van der Waals surface area contributed by atoms with Crippen LogP contribution in [0.25, 0.3) is 5.57 Å². The van der Waals surface area contributed by atoms with E-state index in [0.29, 0.717) is 0 Å². The second-order valence-corrected chi connectivity index (χ2v) is 9.81. The zero-order valence-corrected chi connectivity index (χ0v) is 19.4. The smallest absolute Gasteiger partial charge is 0.263 e. The Labute approximate surface area is 197 Å². The monoisotopic (exact) mass is 482 g/mol. The standard InChI is InChI=1S/C25H24F2N4O2S/c1-17-16-20(19-6-4-3-5-7-19)12-14-25(17,27)18(2)29-24-28-15-13-23(30-24)31-34(32,33)22-10-8-21(26)9-11-22/h3-18H,1-2H3,(H2,28,29,30,31). The number of sulfonamides is 1. The van der Waals surface area contributed by atoms with Gasteiger partial charge in [-0.25, -0.2) is 22.2 Å². The molecule has 0 aliphatic heterocycles. The van der Waals surface area contributed by atoms with Crippen molar-refractivity contribution in [2.45, 2.75) is 30.5 Å². The Kier molecular flexibility index (Phi) is 6.47. The molecular weight excluding hydrogens is 458 g/mol. The molecule has 2 aromatic carbocycles. The highest BCUT2D eigenvalue weighted by molar-refractivity contribution is 7.92. The summed E-state index contributed by atoms with van der Waals surface area (Å²) in [4.78, 5) is 8.15. The number of allylic oxidation sites excluding steroid dienone is 3. The average Bonchev–Trinajstić information content (AvgIpc) is 2.81. The second kappa shape index (κ2) is 9.34. The van der Waals surface area contributed by atoms with E-state index >= 15 is 4.39 Å². The van der Waals surface area contributed by atoms with Gasteiger partial charge in [-0.05, 0) is 54.5 Å². The van der Waals surface area contributed by atoms with Crippen LogP contribution in [0.3, 0.4) is 0 Å². The maximum Gasteiger partial charge on any atom is 0.263 e. The molecule has 34 heavy (non-hydrogen) atoms. The fourth-order valence-electron chi connectivity index (χ4n) is 3.78. The van der Waals surface area contributed by atoms with Crippen molar-refractivity contribution < 1.29 is 17.2 Å². The van der Waals surface area contributed by atoms with Crippen LogP contribution >= 0.6 is 0 Å². The van der Waals surface area contributed by atoms with Gasteiger partial charge in [0.25, 0.3) is 10.0 Å². The van der Waals surface area contributed by atoms with Crippen LogP contribution in [-0.4, -0.2) is 30.1 Å². The fourth-order valence-corrected chi connectivity index (χ4v) is 4.78. The molecule has 3 unspecified atom stereocenters. The van der Waals surface area contributed by atoms with Crippen LogP contribution in [0.1, 0.15) is 19.4 Å². The summed E-state index contributed by atoms with van der Waals surface area (Å²) in [6, 6.07) is 14.8. The molecular formula is C25H24F2N4O2S. The molecule has 1 aliphatic carbocycles. The van der Waals surface area contributed by atoms with Gasteiger partial charge < -0.3 is 5.32 Å². The quantitative estimate of drug-likeness (QED) is 0.483. The molecule has 0 saturated heterocycles. The van der Waals surface area contributed by atoms with E-state index in [4.69, 9.17) is 0 Å². The van der Waals surface area contributed by atoms with Crippen LogP contribution in [0, 0.1) is 11.7 Å². The van der Waals surface area contributed by atoms with Crippen molar-refractivity contribution in [2.75, 3.05) is 10.0 Å². The van der Waals surface area contributed by atoms with E-state index in [9.17, 15) is 12.8 Å². The van der Waals surface area contributed by atoms with E-state index in [1.54, 1.807) is 26.0 Å². The van der Waals surface area contributed by atoms with E-state index in [1.807, 2.05) is 36.4 Å². The Bertz CT molecular complexity index is 1330. The Morgan fingerprint density at radius 2 is 1.76 bits per heavy atom. The fraction of sp³-hybridized carbons (Fsp3) is 0.200. The van der Waals surface area contributed by atoms with Crippen LogP contribution in [0.2, 0.25) is 0 Å². The Morgan fingerprint density at radius 3 is 2.44 bits per heavy atom. The van der Waals surface area contributed by atoms with Crippen molar-refractivity contribution in [2.24, 2.45) is 5.92 Å². The minimum Gasteiger partial charge on any atom is -0.348 e. The number of anilines is 2. The first-order valence-corrected chi connectivity index (χ1v) is 12.2. The molecule has 3 aromatic rings. The Balaban J connectivity index is 1.48. The van der Waals surface area contributed by atoms with Gasteiger partial charge in [-0.1, -0.05) is 49.4 Å². The molecule has 6 nitrogen and oxygen atoms in total.